The molecule has 2 atom stereocenters. The average Bonchev–Trinajstić information content (AvgIpc) is 3.29. The molecular weight excluding hydrogens is 403 g/mol. The van der Waals surface area contributed by atoms with Crippen LogP contribution < -0.4 is 19.3 Å². The zero-order valence-corrected chi connectivity index (χ0v) is 16.1. The Balaban J connectivity index is 1.71. The van der Waals surface area contributed by atoms with Crippen LogP contribution in [-0.4, -0.2) is 35.4 Å². The second-order valence-electron chi connectivity index (χ2n) is 7.11. The Kier molecular flexibility index (Phi) is 4.59. The lowest BCUT2D eigenvalue weighted by molar-refractivity contribution is -0.274. The van der Waals surface area contributed by atoms with Gasteiger partial charge in [0.05, 0.1) is 24.2 Å². The number of ether oxygens (including phenoxy) is 2. The number of hydrogen-bond acceptors (Lipinski definition) is 5. The summed E-state index contributed by atoms with van der Waals surface area (Å²) in [5.41, 5.74) is -0.465. The first kappa shape index (κ1) is 20.0. The van der Waals surface area contributed by atoms with E-state index < -0.39 is 29.6 Å². The number of anilines is 2. The van der Waals surface area contributed by atoms with Gasteiger partial charge in [0.1, 0.15) is 11.3 Å². The van der Waals surface area contributed by atoms with E-state index in [2.05, 4.69) is 9.72 Å². The van der Waals surface area contributed by atoms with E-state index in [0.717, 1.165) is 17.0 Å². The highest BCUT2D eigenvalue weighted by Gasteiger charge is 2.71. The van der Waals surface area contributed by atoms with Crippen LogP contribution in [0.2, 0.25) is 0 Å². The molecular formula is C20H18F3N3O4. The summed E-state index contributed by atoms with van der Waals surface area (Å²) in [5.74, 6) is -0.585. The zero-order chi connectivity index (χ0) is 21.7. The number of aromatic nitrogens is 1. The molecule has 3 amide bonds. The fourth-order valence-electron chi connectivity index (χ4n) is 3.83. The largest absolute Gasteiger partial charge is 0.573 e. The molecule has 2 fully saturated rings. The first-order valence-corrected chi connectivity index (χ1v) is 9.30. The van der Waals surface area contributed by atoms with Gasteiger partial charge in [0, 0.05) is 6.20 Å². The van der Waals surface area contributed by atoms with Gasteiger partial charge in [0.2, 0.25) is 0 Å². The van der Waals surface area contributed by atoms with Gasteiger partial charge < -0.3 is 9.47 Å². The maximum atomic E-state index is 13.3. The van der Waals surface area contributed by atoms with Gasteiger partial charge >= 0.3 is 12.4 Å². The smallest absolute Gasteiger partial charge is 0.490 e. The van der Waals surface area contributed by atoms with E-state index in [1.54, 1.807) is 13.0 Å². The van der Waals surface area contributed by atoms with Gasteiger partial charge in [-0.05, 0) is 49.6 Å². The van der Waals surface area contributed by atoms with Crippen molar-refractivity contribution in [3.63, 3.8) is 0 Å². The predicted molar refractivity (Wildman–Crippen MR) is 100 cm³/mol. The van der Waals surface area contributed by atoms with Crippen molar-refractivity contribution in [3.05, 3.63) is 42.7 Å². The number of carbonyl (C=O) groups is 2. The first-order valence-electron chi connectivity index (χ1n) is 9.30. The Labute approximate surface area is 170 Å². The van der Waals surface area contributed by atoms with Crippen LogP contribution in [0.1, 0.15) is 20.3 Å². The molecule has 1 spiro atoms. The van der Waals surface area contributed by atoms with Gasteiger partial charge in [0.15, 0.2) is 5.75 Å². The van der Waals surface area contributed by atoms with Crippen molar-refractivity contribution < 1.29 is 32.2 Å². The molecule has 30 heavy (non-hydrogen) atoms. The summed E-state index contributed by atoms with van der Waals surface area (Å²) in [7, 11) is 0. The molecule has 1 aliphatic heterocycles. The van der Waals surface area contributed by atoms with E-state index in [1.165, 1.54) is 29.4 Å². The van der Waals surface area contributed by atoms with Gasteiger partial charge in [-0.25, -0.2) is 9.69 Å². The van der Waals surface area contributed by atoms with Gasteiger partial charge in [-0.3, -0.25) is 14.7 Å². The SMILES string of the molecule is CCOc1cnccc1N1C(=O)N(c2ccc(OC(F)(F)F)cc2)C(=O)C12CC2C. The van der Waals surface area contributed by atoms with Crippen molar-refractivity contribution in [1.82, 2.24) is 4.98 Å². The van der Waals surface area contributed by atoms with Crippen LogP contribution in [0.25, 0.3) is 0 Å². The van der Waals surface area contributed by atoms with Crippen molar-refractivity contribution in [2.45, 2.75) is 32.2 Å². The van der Waals surface area contributed by atoms with E-state index in [4.69, 9.17) is 4.74 Å². The molecule has 2 aliphatic rings. The number of rotatable bonds is 5. The van der Waals surface area contributed by atoms with Crippen molar-refractivity contribution in [1.29, 1.82) is 0 Å². The molecule has 1 aliphatic carbocycles. The summed E-state index contributed by atoms with van der Waals surface area (Å²) < 4.78 is 46.6. The zero-order valence-electron chi connectivity index (χ0n) is 16.1. The molecule has 1 saturated heterocycles. The maximum Gasteiger partial charge on any atom is 0.573 e. The van der Waals surface area contributed by atoms with Crippen LogP contribution in [0.3, 0.4) is 0 Å². The third kappa shape index (κ3) is 3.12. The molecule has 2 unspecified atom stereocenters. The van der Waals surface area contributed by atoms with Crippen LogP contribution in [0.5, 0.6) is 11.5 Å². The topological polar surface area (TPSA) is 72.0 Å². The molecule has 4 rings (SSSR count). The molecule has 7 nitrogen and oxygen atoms in total. The summed E-state index contributed by atoms with van der Waals surface area (Å²) >= 11 is 0. The van der Waals surface area contributed by atoms with Crippen LogP contribution in [0.15, 0.2) is 42.7 Å². The van der Waals surface area contributed by atoms with Gasteiger partial charge in [-0.1, -0.05) is 6.92 Å². The van der Waals surface area contributed by atoms with E-state index in [0.29, 0.717) is 24.5 Å². The van der Waals surface area contributed by atoms with E-state index in [9.17, 15) is 22.8 Å². The molecule has 0 bridgehead atoms. The highest BCUT2D eigenvalue weighted by Crippen LogP contribution is 2.56. The minimum absolute atomic E-state index is 0.0885. The lowest BCUT2D eigenvalue weighted by Crippen LogP contribution is -2.39. The second kappa shape index (κ2) is 6.89. The molecule has 0 radical (unpaired) electrons. The number of alkyl halides is 3. The van der Waals surface area contributed by atoms with Crippen LogP contribution in [0.4, 0.5) is 29.3 Å². The second-order valence-corrected chi connectivity index (χ2v) is 7.11. The molecule has 10 heteroatoms. The normalized spacial score (nSPS) is 23.3. The monoisotopic (exact) mass is 421 g/mol. The van der Waals surface area contributed by atoms with Crippen molar-refractivity contribution in [3.8, 4) is 11.5 Å². The Hall–Kier alpha value is -3.30. The summed E-state index contributed by atoms with van der Waals surface area (Å²) in [5, 5.41) is 0. The number of benzene rings is 1. The fourth-order valence-corrected chi connectivity index (χ4v) is 3.83. The number of amides is 3. The van der Waals surface area contributed by atoms with Crippen LogP contribution in [0, 0.1) is 5.92 Å². The summed E-state index contributed by atoms with van der Waals surface area (Å²) in [6.07, 6.45) is -1.38. The minimum Gasteiger partial charge on any atom is -0.490 e. The molecule has 1 aromatic heterocycles. The number of imide groups is 1. The number of hydrogen-bond donors (Lipinski definition) is 0. The Morgan fingerprint density at radius 2 is 1.87 bits per heavy atom. The van der Waals surface area contributed by atoms with Gasteiger partial charge in [-0.15, -0.1) is 13.2 Å². The van der Waals surface area contributed by atoms with E-state index in [1.807, 2.05) is 6.92 Å². The lowest BCUT2D eigenvalue weighted by Gasteiger charge is -2.24. The fraction of sp³-hybridized carbons (Fsp3) is 0.350. The van der Waals surface area contributed by atoms with Gasteiger partial charge in [0.25, 0.3) is 5.91 Å². The van der Waals surface area contributed by atoms with Crippen LogP contribution in [-0.2, 0) is 4.79 Å². The maximum absolute atomic E-state index is 13.3. The quantitative estimate of drug-likeness (QED) is 0.679. The summed E-state index contributed by atoms with van der Waals surface area (Å²) in [6, 6.07) is 5.63. The van der Waals surface area contributed by atoms with E-state index in [-0.39, 0.29) is 11.6 Å². The van der Waals surface area contributed by atoms with Crippen molar-refractivity contribution in [2.75, 3.05) is 16.4 Å². The number of pyridine rings is 1. The molecule has 0 N–H and O–H groups in total. The standard InChI is InChI=1S/C20H18F3N3O4/c1-3-29-16-11-24-9-8-15(16)26-18(28)25(17(27)19(26)10-12(19)2)13-4-6-14(7-5-13)30-20(21,22)23/h4-9,11-12H,3,10H2,1-2H3. The summed E-state index contributed by atoms with van der Waals surface area (Å²) in [4.78, 5) is 33.0. The van der Waals surface area contributed by atoms with E-state index >= 15 is 0 Å². The Morgan fingerprint density at radius 3 is 2.43 bits per heavy atom. The predicted octanol–water partition coefficient (Wildman–Crippen LogP) is 4.13. The number of carbonyl (C=O) groups excluding carboxylic acids is 2. The lowest BCUT2D eigenvalue weighted by atomic mass is 10.1. The molecule has 2 heterocycles. The number of nitrogens with zero attached hydrogens (tertiary/aromatic N) is 3. The molecule has 1 aromatic carbocycles. The average molecular weight is 421 g/mol. The molecule has 2 aromatic rings. The van der Waals surface area contributed by atoms with Crippen molar-refractivity contribution >= 4 is 23.3 Å². The minimum atomic E-state index is -4.83. The highest BCUT2D eigenvalue weighted by molar-refractivity contribution is 6.32. The highest BCUT2D eigenvalue weighted by atomic mass is 19.4. The number of urea groups is 1. The Bertz CT molecular complexity index is 996. The summed E-state index contributed by atoms with van der Waals surface area (Å²) in [6.45, 7) is 4.01. The third-order valence-corrected chi connectivity index (χ3v) is 5.26. The number of halogens is 3. The first-order chi connectivity index (χ1) is 14.2. The van der Waals surface area contributed by atoms with Crippen LogP contribution >= 0.6 is 0 Å². The third-order valence-electron chi connectivity index (χ3n) is 5.26. The molecule has 1 saturated carbocycles. The van der Waals surface area contributed by atoms with Crippen molar-refractivity contribution in [2.24, 2.45) is 5.92 Å². The van der Waals surface area contributed by atoms with Gasteiger partial charge in [-0.2, -0.15) is 0 Å². The molecule has 158 valence electrons. The Morgan fingerprint density at radius 1 is 1.20 bits per heavy atom.